The molecule has 0 amide bonds. The lowest BCUT2D eigenvalue weighted by Gasteiger charge is -2.10. The maximum Gasteiger partial charge on any atom is 0.434 e. The Morgan fingerprint density at radius 3 is 2.53 bits per heavy atom. The van der Waals surface area contributed by atoms with E-state index in [0.717, 1.165) is 11.8 Å². The molecule has 0 aliphatic heterocycles. The maximum atomic E-state index is 12.7. The van der Waals surface area contributed by atoms with E-state index in [1.54, 1.807) is 6.07 Å². The van der Waals surface area contributed by atoms with Crippen molar-refractivity contribution in [3.8, 4) is 11.3 Å². The summed E-state index contributed by atoms with van der Waals surface area (Å²) in [4.78, 5) is 7.30. The van der Waals surface area contributed by atoms with Crippen molar-refractivity contribution in [3.63, 3.8) is 0 Å². The van der Waals surface area contributed by atoms with Crippen LogP contribution in [0, 0.1) is 13.0 Å². The van der Waals surface area contributed by atoms with Crippen molar-refractivity contribution in [2.24, 2.45) is 0 Å². The van der Waals surface area contributed by atoms with E-state index in [0.29, 0.717) is 0 Å². The number of halogens is 3. The van der Waals surface area contributed by atoms with Crippen LogP contribution in [0.4, 0.5) is 13.2 Å². The van der Waals surface area contributed by atoms with E-state index in [4.69, 9.17) is 0 Å². The van der Waals surface area contributed by atoms with Crippen molar-refractivity contribution in [1.29, 1.82) is 0 Å². The molecule has 17 heavy (non-hydrogen) atoms. The van der Waals surface area contributed by atoms with Crippen molar-refractivity contribution in [1.82, 2.24) is 9.97 Å². The molecule has 0 atom stereocenters. The molecule has 2 rings (SSSR count). The molecular weight excluding hydrogens is 229 g/mol. The standard InChI is InChI=1S/C12H8F3N2/c1-8-4-5-10(17-7-8)9-3-2-6-16-11(9)12(13,14)15/h2,4-7H,1H3. The molecule has 1 radical (unpaired) electrons. The van der Waals surface area contributed by atoms with Crippen LogP contribution < -0.4 is 0 Å². The Morgan fingerprint density at radius 1 is 1.18 bits per heavy atom. The zero-order valence-corrected chi connectivity index (χ0v) is 8.92. The van der Waals surface area contributed by atoms with Crippen molar-refractivity contribution < 1.29 is 13.2 Å². The fourth-order valence-electron chi connectivity index (χ4n) is 1.39. The smallest absolute Gasteiger partial charge is 0.256 e. The molecule has 2 aromatic rings. The van der Waals surface area contributed by atoms with Gasteiger partial charge in [0.2, 0.25) is 0 Å². The minimum Gasteiger partial charge on any atom is -0.256 e. The first kappa shape index (κ1) is 11.6. The fraction of sp³-hybridized carbons (Fsp3) is 0.167. The van der Waals surface area contributed by atoms with E-state index in [2.05, 4.69) is 16.0 Å². The van der Waals surface area contributed by atoms with Gasteiger partial charge in [0.05, 0.1) is 5.69 Å². The molecule has 0 unspecified atom stereocenters. The SMILES string of the molecule is Cc1ccc(-c2[c]ccnc2C(F)(F)F)nc1. The molecule has 0 bridgehead atoms. The zero-order chi connectivity index (χ0) is 12.5. The van der Waals surface area contributed by atoms with E-state index in [1.165, 1.54) is 18.3 Å². The predicted octanol–water partition coefficient (Wildman–Crippen LogP) is 3.27. The third-order valence-electron chi connectivity index (χ3n) is 2.18. The number of nitrogens with zero attached hydrogens (tertiary/aromatic N) is 2. The topological polar surface area (TPSA) is 25.8 Å². The van der Waals surface area contributed by atoms with Gasteiger partial charge in [-0.25, -0.2) is 0 Å². The van der Waals surface area contributed by atoms with Crippen molar-refractivity contribution in [2.45, 2.75) is 13.1 Å². The highest BCUT2D eigenvalue weighted by Crippen LogP contribution is 2.34. The van der Waals surface area contributed by atoms with Crippen LogP contribution in [0.1, 0.15) is 11.3 Å². The van der Waals surface area contributed by atoms with Gasteiger partial charge in [0.25, 0.3) is 0 Å². The summed E-state index contributed by atoms with van der Waals surface area (Å²) in [5.74, 6) is 0. The van der Waals surface area contributed by atoms with Gasteiger partial charge in [-0.05, 0) is 30.7 Å². The van der Waals surface area contributed by atoms with E-state index >= 15 is 0 Å². The lowest BCUT2D eigenvalue weighted by atomic mass is 10.1. The molecule has 0 aliphatic rings. The summed E-state index contributed by atoms with van der Waals surface area (Å²) in [5, 5.41) is 0. The molecule has 0 saturated carbocycles. The lowest BCUT2D eigenvalue weighted by Crippen LogP contribution is -2.10. The maximum absolute atomic E-state index is 12.7. The molecule has 0 fully saturated rings. The second-order valence-corrected chi connectivity index (χ2v) is 3.53. The highest BCUT2D eigenvalue weighted by Gasteiger charge is 2.35. The third-order valence-corrected chi connectivity index (χ3v) is 2.18. The van der Waals surface area contributed by atoms with Crippen LogP contribution in [0.3, 0.4) is 0 Å². The van der Waals surface area contributed by atoms with Gasteiger partial charge in [0.15, 0.2) is 5.69 Å². The highest BCUT2D eigenvalue weighted by atomic mass is 19.4. The van der Waals surface area contributed by atoms with Gasteiger partial charge in [0, 0.05) is 18.0 Å². The second kappa shape index (κ2) is 4.16. The van der Waals surface area contributed by atoms with Crippen LogP contribution in [0.2, 0.25) is 0 Å². The molecular formula is C12H8F3N2. The van der Waals surface area contributed by atoms with E-state index < -0.39 is 11.9 Å². The van der Waals surface area contributed by atoms with Gasteiger partial charge >= 0.3 is 6.18 Å². The Hall–Kier alpha value is -1.91. The van der Waals surface area contributed by atoms with Crippen molar-refractivity contribution in [2.75, 3.05) is 0 Å². The van der Waals surface area contributed by atoms with Crippen molar-refractivity contribution in [3.05, 3.63) is 47.9 Å². The first-order chi connectivity index (χ1) is 7.98. The van der Waals surface area contributed by atoms with Gasteiger partial charge in [0.1, 0.15) is 0 Å². The van der Waals surface area contributed by atoms with Crippen LogP contribution >= 0.6 is 0 Å². The molecule has 5 heteroatoms. The van der Waals surface area contributed by atoms with Gasteiger partial charge in [-0.15, -0.1) is 0 Å². The number of pyridine rings is 2. The normalized spacial score (nSPS) is 11.5. The Morgan fingerprint density at radius 2 is 1.94 bits per heavy atom. The summed E-state index contributed by atoms with van der Waals surface area (Å²) in [7, 11) is 0. The van der Waals surface area contributed by atoms with E-state index in [1.807, 2.05) is 6.92 Å². The van der Waals surface area contributed by atoms with Crippen LogP contribution in [0.15, 0.2) is 30.6 Å². The average Bonchev–Trinajstić information content (AvgIpc) is 2.29. The molecule has 87 valence electrons. The van der Waals surface area contributed by atoms with Crippen molar-refractivity contribution >= 4 is 0 Å². The molecule has 0 spiro atoms. The zero-order valence-electron chi connectivity index (χ0n) is 8.92. The predicted molar refractivity (Wildman–Crippen MR) is 56.0 cm³/mol. The van der Waals surface area contributed by atoms with Crippen LogP contribution in [0.5, 0.6) is 0 Å². The van der Waals surface area contributed by atoms with E-state index in [-0.39, 0.29) is 11.3 Å². The van der Waals surface area contributed by atoms with Crippen LogP contribution in [-0.4, -0.2) is 9.97 Å². The van der Waals surface area contributed by atoms with Gasteiger partial charge in [-0.3, -0.25) is 9.97 Å². The molecule has 0 N–H and O–H groups in total. The summed E-state index contributed by atoms with van der Waals surface area (Å²) in [6, 6.07) is 7.10. The lowest BCUT2D eigenvalue weighted by molar-refractivity contribution is -0.140. The minimum atomic E-state index is -4.50. The van der Waals surface area contributed by atoms with Gasteiger partial charge in [-0.1, -0.05) is 6.07 Å². The average molecular weight is 237 g/mol. The summed E-state index contributed by atoms with van der Waals surface area (Å²) in [5.41, 5.74) is 0.0126. The summed E-state index contributed by atoms with van der Waals surface area (Å²) >= 11 is 0. The molecule has 2 nitrogen and oxygen atoms in total. The highest BCUT2D eigenvalue weighted by molar-refractivity contribution is 5.61. The first-order valence-electron chi connectivity index (χ1n) is 4.85. The Balaban J connectivity index is 2.56. The largest absolute Gasteiger partial charge is 0.434 e. The number of alkyl halides is 3. The molecule has 0 saturated heterocycles. The molecule has 0 aliphatic carbocycles. The van der Waals surface area contributed by atoms with E-state index in [9.17, 15) is 13.2 Å². The number of aryl methyl sites for hydroxylation is 1. The van der Waals surface area contributed by atoms with Gasteiger partial charge in [-0.2, -0.15) is 13.2 Å². The summed E-state index contributed by atoms with van der Waals surface area (Å²) in [6.45, 7) is 1.81. The van der Waals surface area contributed by atoms with Gasteiger partial charge < -0.3 is 0 Å². The number of aromatic nitrogens is 2. The minimum absolute atomic E-state index is 0.125. The summed E-state index contributed by atoms with van der Waals surface area (Å²) in [6.07, 6.45) is -1.92. The Kier molecular flexibility index (Phi) is 2.83. The number of rotatable bonds is 1. The number of hydrogen-bond donors (Lipinski definition) is 0. The van der Waals surface area contributed by atoms with Crippen LogP contribution in [-0.2, 0) is 6.18 Å². The molecule has 2 aromatic heterocycles. The third kappa shape index (κ3) is 2.43. The number of hydrogen-bond acceptors (Lipinski definition) is 2. The van der Waals surface area contributed by atoms with Crippen LogP contribution in [0.25, 0.3) is 11.3 Å². The Bertz CT molecular complexity index is 518. The first-order valence-corrected chi connectivity index (χ1v) is 4.85. The monoisotopic (exact) mass is 237 g/mol. The second-order valence-electron chi connectivity index (χ2n) is 3.53. The molecule has 0 aromatic carbocycles. The quantitative estimate of drug-likeness (QED) is 0.760. The Labute approximate surface area is 96.2 Å². The fourth-order valence-corrected chi connectivity index (χ4v) is 1.39. The summed E-state index contributed by atoms with van der Waals surface area (Å²) < 4.78 is 38.1. The molecule has 2 heterocycles.